The van der Waals surface area contributed by atoms with E-state index in [1.54, 1.807) is 112 Å². The highest BCUT2D eigenvalue weighted by molar-refractivity contribution is 6.03. The van der Waals surface area contributed by atoms with Crippen LogP contribution in [0.1, 0.15) is 111 Å². The summed E-state index contributed by atoms with van der Waals surface area (Å²) in [4.78, 5) is 72.9. The van der Waals surface area contributed by atoms with Crippen molar-refractivity contribution in [1.82, 2.24) is 20.9 Å². The summed E-state index contributed by atoms with van der Waals surface area (Å²) < 4.78 is 27.2. The maximum atomic E-state index is 13.1. The van der Waals surface area contributed by atoms with Crippen LogP contribution in [0.5, 0.6) is 0 Å². The van der Waals surface area contributed by atoms with Crippen molar-refractivity contribution in [3.63, 3.8) is 0 Å². The number of carbonyl (C=O) groups excluding carboxylic acids is 5. The van der Waals surface area contributed by atoms with Crippen LogP contribution in [-0.2, 0) is 25.4 Å². The Morgan fingerprint density at radius 2 is 1.23 bits per heavy atom. The highest BCUT2D eigenvalue weighted by Gasteiger charge is 2.26. The molecule has 0 fully saturated rings. The Labute approximate surface area is 334 Å². The molecule has 0 saturated carbocycles. The minimum atomic E-state index is -0.859. The second-order valence-electron chi connectivity index (χ2n) is 17.0. The summed E-state index contributed by atoms with van der Waals surface area (Å²) in [6.45, 7) is 21.5. The Morgan fingerprint density at radius 1 is 0.702 bits per heavy atom. The number of nitrogens with zero attached hydrogens (tertiary/aromatic N) is 3. The molecular weight excluding hydrogens is 738 g/mol. The van der Waals surface area contributed by atoms with Gasteiger partial charge in [-0.05, 0) is 131 Å². The van der Waals surface area contributed by atoms with Crippen LogP contribution in [0, 0.1) is 0 Å². The highest BCUT2D eigenvalue weighted by Crippen LogP contribution is 2.25. The van der Waals surface area contributed by atoms with Gasteiger partial charge in [0.25, 0.3) is 5.91 Å². The van der Waals surface area contributed by atoms with Gasteiger partial charge in [0.1, 0.15) is 28.2 Å². The van der Waals surface area contributed by atoms with Crippen LogP contribution in [0.4, 0.5) is 24.9 Å². The first kappa shape index (κ1) is 45.5. The molecule has 0 atom stereocenters. The largest absolute Gasteiger partial charge is 0.451 e. The molecule has 57 heavy (non-hydrogen) atoms. The molecule has 0 unspecified atom stereocenters. The van der Waals surface area contributed by atoms with E-state index in [4.69, 9.17) is 23.4 Å². The quantitative estimate of drug-likeness (QED) is 0.129. The zero-order valence-electron chi connectivity index (χ0n) is 35.0. The topological polar surface area (TPSA) is 211 Å². The fourth-order valence-electron chi connectivity index (χ4n) is 4.82. The molecule has 0 aliphatic carbocycles. The first-order chi connectivity index (χ1) is 26.2. The SMILES string of the molecule is CC(C)(C)OC(=O)N=C(NC(=O)OC(C)(C)C)N1CC=C(c2ccc(C(=O)Nc3ccc(CCN=C(NC(=O)OC(C)(C)C)NC(=O)OC(C)(C)C)cc3)o2)CC1. The third-order valence-corrected chi connectivity index (χ3v) is 6.98. The number of guanidine groups is 2. The van der Waals surface area contributed by atoms with Gasteiger partial charge in [-0.1, -0.05) is 18.2 Å². The van der Waals surface area contributed by atoms with Crippen molar-refractivity contribution < 1.29 is 47.3 Å². The first-order valence-corrected chi connectivity index (χ1v) is 18.5. The van der Waals surface area contributed by atoms with Gasteiger partial charge < -0.3 is 33.6 Å². The van der Waals surface area contributed by atoms with Gasteiger partial charge in [0.2, 0.25) is 11.9 Å². The number of amides is 5. The zero-order valence-corrected chi connectivity index (χ0v) is 35.0. The summed E-state index contributed by atoms with van der Waals surface area (Å²) in [6, 6.07) is 10.4. The number of benzene rings is 1. The van der Waals surface area contributed by atoms with Crippen molar-refractivity contribution in [3.05, 3.63) is 59.6 Å². The molecule has 2 heterocycles. The fraction of sp³-hybridized carbons (Fsp3) is 0.525. The molecule has 17 heteroatoms. The van der Waals surface area contributed by atoms with E-state index in [-0.39, 0.29) is 30.8 Å². The van der Waals surface area contributed by atoms with Gasteiger partial charge in [0, 0.05) is 25.3 Å². The lowest BCUT2D eigenvalue weighted by molar-refractivity contribution is 0.0528. The fourth-order valence-corrected chi connectivity index (χ4v) is 4.82. The van der Waals surface area contributed by atoms with E-state index in [9.17, 15) is 24.0 Å². The van der Waals surface area contributed by atoms with Gasteiger partial charge in [0.15, 0.2) is 5.76 Å². The van der Waals surface area contributed by atoms with Crippen molar-refractivity contribution in [2.45, 2.75) is 118 Å². The van der Waals surface area contributed by atoms with Crippen LogP contribution < -0.4 is 21.3 Å². The molecule has 1 aliphatic heterocycles. The van der Waals surface area contributed by atoms with Gasteiger partial charge >= 0.3 is 24.4 Å². The molecule has 5 amide bonds. The van der Waals surface area contributed by atoms with E-state index < -0.39 is 52.7 Å². The van der Waals surface area contributed by atoms with Crippen LogP contribution in [0.15, 0.2) is 56.9 Å². The summed E-state index contributed by atoms with van der Waals surface area (Å²) in [5, 5.41) is 10.3. The maximum absolute atomic E-state index is 13.1. The zero-order chi connectivity index (χ0) is 42.8. The number of aliphatic imine (C=N–C) groups is 2. The van der Waals surface area contributed by atoms with Gasteiger partial charge in [-0.2, -0.15) is 0 Å². The third-order valence-electron chi connectivity index (χ3n) is 6.98. The minimum absolute atomic E-state index is 0.0118. The van der Waals surface area contributed by atoms with Crippen molar-refractivity contribution >= 4 is 53.5 Å². The molecule has 1 aromatic heterocycles. The molecule has 4 N–H and O–H groups in total. The summed E-state index contributed by atoms with van der Waals surface area (Å²) in [6.07, 6.45) is -0.428. The Kier molecular flexibility index (Phi) is 15.0. The Hall–Kier alpha value is -5.87. The number of rotatable bonds is 6. The van der Waals surface area contributed by atoms with Crippen LogP contribution in [0.3, 0.4) is 0 Å². The van der Waals surface area contributed by atoms with Crippen molar-refractivity contribution in [2.24, 2.45) is 9.98 Å². The van der Waals surface area contributed by atoms with Crippen LogP contribution >= 0.6 is 0 Å². The predicted octanol–water partition coefficient (Wildman–Crippen LogP) is 7.38. The molecule has 0 saturated heterocycles. The van der Waals surface area contributed by atoms with Gasteiger partial charge in [-0.3, -0.25) is 25.7 Å². The minimum Gasteiger partial charge on any atom is -0.451 e. The molecule has 0 bridgehead atoms. The molecule has 3 rings (SSSR count). The second kappa shape index (κ2) is 18.8. The molecular formula is C40H57N7O10. The van der Waals surface area contributed by atoms with E-state index in [0.29, 0.717) is 30.8 Å². The van der Waals surface area contributed by atoms with Crippen LogP contribution in [0.2, 0.25) is 0 Å². The molecule has 17 nitrogen and oxygen atoms in total. The standard InChI is InChI=1S/C40H57N7O10/c1-37(2,3)54-33(49)43-31(44-34(50)55-38(4,5)6)41-22-19-25-13-15-27(16-14-25)42-30(48)29-18-17-28(53-29)26-20-23-47(24-21-26)32(45-35(51)56-39(7,8)9)46-36(52)57-40(10,11)12/h13-18,20H,19,21-24H2,1-12H3,(H,42,48)(H,45,46,51,52)(H2,41,43,44,49,50). The summed E-state index contributed by atoms with van der Waals surface area (Å²) in [5.74, 6) is 0.0305. The second-order valence-corrected chi connectivity index (χ2v) is 17.0. The van der Waals surface area contributed by atoms with E-state index in [1.165, 1.54) is 0 Å². The molecule has 1 aromatic carbocycles. The van der Waals surface area contributed by atoms with Gasteiger partial charge in [-0.25, -0.2) is 19.2 Å². The lowest BCUT2D eigenvalue weighted by Gasteiger charge is -2.29. The predicted molar refractivity (Wildman–Crippen MR) is 215 cm³/mol. The third kappa shape index (κ3) is 17.6. The van der Waals surface area contributed by atoms with E-state index in [1.807, 2.05) is 18.2 Å². The van der Waals surface area contributed by atoms with Crippen molar-refractivity contribution in [3.8, 4) is 0 Å². The number of anilines is 1. The number of alkyl carbamates (subject to hydrolysis) is 3. The number of ether oxygens (including phenoxy) is 4. The number of nitrogens with one attached hydrogen (secondary N) is 4. The van der Waals surface area contributed by atoms with E-state index in [2.05, 4.69) is 31.3 Å². The summed E-state index contributed by atoms with van der Waals surface area (Å²) >= 11 is 0. The normalized spacial score (nSPS) is 13.7. The van der Waals surface area contributed by atoms with Crippen molar-refractivity contribution in [2.75, 3.05) is 25.0 Å². The Bertz CT molecular complexity index is 1820. The van der Waals surface area contributed by atoms with Crippen LogP contribution in [-0.4, -0.2) is 89.1 Å². The number of hydrogen-bond acceptors (Lipinski definition) is 11. The molecule has 0 radical (unpaired) electrons. The van der Waals surface area contributed by atoms with E-state index >= 15 is 0 Å². The smallest absolute Gasteiger partial charge is 0.437 e. The van der Waals surface area contributed by atoms with Gasteiger partial charge in [0.05, 0.1) is 0 Å². The number of hydrogen-bond donors (Lipinski definition) is 4. The highest BCUT2D eigenvalue weighted by atomic mass is 16.6. The lowest BCUT2D eigenvalue weighted by Crippen LogP contribution is -2.48. The summed E-state index contributed by atoms with van der Waals surface area (Å²) in [7, 11) is 0. The average Bonchev–Trinajstić information content (AvgIpc) is 3.52. The van der Waals surface area contributed by atoms with E-state index in [0.717, 1.165) is 11.1 Å². The van der Waals surface area contributed by atoms with Crippen molar-refractivity contribution in [1.29, 1.82) is 0 Å². The summed E-state index contributed by atoms with van der Waals surface area (Å²) in [5.41, 5.74) is -0.822. The lowest BCUT2D eigenvalue weighted by atomic mass is 10.1. The van der Waals surface area contributed by atoms with Crippen LogP contribution in [0.25, 0.3) is 5.57 Å². The number of carbonyl (C=O) groups is 5. The Morgan fingerprint density at radius 3 is 1.72 bits per heavy atom. The molecule has 2 aromatic rings. The van der Waals surface area contributed by atoms with Gasteiger partial charge in [-0.15, -0.1) is 4.99 Å². The first-order valence-electron chi connectivity index (χ1n) is 18.5. The monoisotopic (exact) mass is 795 g/mol. The maximum Gasteiger partial charge on any atom is 0.437 e. The number of furan rings is 1. The average molecular weight is 796 g/mol. The molecule has 312 valence electrons. The Balaban J connectivity index is 1.62. The molecule has 0 spiro atoms. The molecule has 1 aliphatic rings.